The van der Waals surface area contributed by atoms with Gasteiger partial charge in [-0.3, -0.25) is 4.79 Å². The monoisotopic (exact) mass is 259 g/mol. The van der Waals surface area contributed by atoms with E-state index in [1.165, 1.54) is 0 Å². The second-order valence-corrected chi connectivity index (χ2v) is 5.38. The van der Waals surface area contributed by atoms with Crippen molar-refractivity contribution in [3.05, 3.63) is 48.2 Å². The highest BCUT2D eigenvalue weighted by molar-refractivity contribution is 5.95. The van der Waals surface area contributed by atoms with E-state index in [4.69, 9.17) is 0 Å². The van der Waals surface area contributed by atoms with Crippen LogP contribution in [-0.4, -0.2) is 16.8 Å². The molecule has 1 aromatic rings. The molecule has 0 saturated carbocycles. The molecule has 0 fully saturated rings. The average molecular weight is 259 g/mol. The van der Waals surface area contributed by atoms with E-state index in [1.54, 1.807) is 0 Å². The van der Waals surface area contributed by atoms with Crippen molar-refractivity contribution in [3.8, 4) is 0 Å². The number of carbonyl (C=O) groups excluding carboxylic acids is 1. The van der Waals surface area contributed by atoms with Crippen LogP contribution in [0.25, 0.3) is 0 Å². The summed E-state index contributed by atoms with van der Waals surface area (Å²) in [6.45, 7) is 8.49. The van der Waals surface area contributed by atoms with E-state index in [0.717, 1.165) is 18.4 Å². The molecular formula is C17H25NO. The second-order valence-electron chi connectivity index (χ2n) is 5.38. The Hall–Kier alpha value is -1.57. The van der Waals surface area contributed by atoms with E-state index in [9.17, 15) is 4.79 Å². The van der Waals surface area contributed by atoms with Gasteiger partial charge < -0.3 is 4.90 Å². The molecule has 1 unspecified atom stereocenters. The third kappa shape index (κ3) is 4.90. The number of rotatable bonds is 6. The Morgan fingerprint density at radius 2 is 1.79 bits per heavy atom. The van der Waals surface area contributed by atoms with Crippen LogP contribution in [0.4, 0.5) is 0 Å². The van der Waals surface area contributed by atoms with Crippen molar-refractivity contribution in [2.75, 3.05) is 0 Å². The van der Waals surface area contributed by atoms with Crippen molar-refractivity contribution in [2.24, 2.45) is 5.92 Å². The van der Waals surface area contributed by atoms with Crippen molar-refractivity contribution in [2.45, 2.75) is 46.6 Å². The van der Waals surface area contributed by atoms with Crippen LogP contribution >= 0.6 is 0 Å². The van der Waals surface area contributed by atoms with Crippen LogP contribution in [0.1, 0.15) is 50.9 Å². The average Bonchev–Trinajstić information content (AvgIpc) is 2.42. The molecule has 0 aliphatic heterocycles. The first kappa shape index (κ1) is 15.5. The zero-order valence-electron chi connectivity index (χ0n) is 12.5. The highest BCUT2D eigenvalue weighted by atomic mass is 16.2. The van der Waals surface area contributed by atoms with Gasteiger partial charge in [0.05, 0.1) is 0 Å². The lowest BCUT2D eigenvalue weighted by atomic mass is 10.0. The molecule has 0 heterocycles. The minimum Gasteiger partial charge on any atom is -0.313 e. The predicted octanol–water partition coefficient (Wildman–Crippen LogP) is 4.49. The lowest BCUT2D eigenvalue weighted by molar-refractivity contribution is 0.0769. The summed E-state index contributed by atoms with van der Waals surface area (Å²) in [7, 11) is 0. The zero-order valence-corrected chi connectivity index (χ0v) is 12.5. The number of hydrogen-bond donors (Lipinski definition) is 0. The quantitative estimate of drug-likeness (QED) is 0.737. The van der Waals surface area contributed by atoms with E-state index in [-0.39, 0.29) is 11.9 Å². The molecule has 1 atom stereocenters. The van der Waals surface area contributed by atoms with Gasteiger partial charge >= 0.3 is 0 Å². The van der Waals surface area contributed by atoms with Crippen LogP contribution in [0.3, 0.4) is 0 Å². The number of benzene rings is 1. The van der Waals surface area contributed by atoms with Gasteiger partial charge in [0, 0.05) is 17.8 Å². The number of carbonyl (C=O) groups is 1. The highest BCUT2D eigenvalue weighted by Crippen LogP contribution is 2.15. The molecule has 0 bridgehead atoms. The molecule has 2 nitrogen and oxygen atoms in total. The molecule has 0 spiro atoms. The largest absolute Gasteiger partial charge is 0.313 e. The third-order valence-corrected chi connectivity index (χ3v) is 3.20. The fourth-order valence-electron chi connectivity index (χ4n) is 2.02. The smallest absolute Gasteiger partial charge is 0.258 e. The Morgan fingerprint density at radius 3 is 2.32 bits per heavy atom. The molecule has 104 valence electrons. The number of hydrogen-bond acceptors (Lipinski definition) is 1. The van der Waals surface area contributed by atoms with Crippen molar-refractivity contribution in [3.63, 3.8) is 0 Å². The highest BCUT2D eigenvalue weighted by Gasteiger charge is 2.19. The number of allylic oxidation sites excluding steroid dienone is 1. The standard InChI is InChI=1S/C17H25NO/c1-5-13-18(15(4)12-11-14(2)3)17(19)16-9-7-6-8-10-16/h5-10,13-15H,11-12H2,1-4H3/b13-5+. The van der Waals surface area contributed by atoms with Crippen molar-refractivity contribution >= 4 is 5.91 Å². The SMILES string of the molecule is C/C=C/N(C(=O)c1ccccc1)C(C)CCC(C)C. The predicted molar refractivity (Wildman–Crippen MR) is 81.0 cm³/mol. The molecule has 0 N–H and O–H groups in total. The topological polar surface area (TPSA) is 20.3 Å². The fourth-order valence-corrected chi connectivity index (χ4v) is 2.02. The van der Waals surface area contributed by atoms with Crippen LogP contribution in [0, 0.1) is 5.92 Å². The summed E-state index contributed by atoms with van der Waals surface area (Å²) in [5.41, 5.74) is 0.747. The maximum atomic E-state index is 12.5. The molecule has 0 radical (unpaired) electrons. The van der Waals surface area contributed by atoms with Gasteiger partial charge in [-0.15, -0.1) is 0 Å². The van der Waals surface area contributed by atoms with Crippen molar-refractivity contribution < 1.29 is 4.79 Å². The lowest BCUT2D eigenvalue weighted by Crippen LogP contribution is -2.34. The van der Waals surface area contributed by atoms with Gasteiger partial charge in [-0.2, -0.15) is 0 Å². The fraction of sp³-hybridized carbons (Fsp3) is 0.471. The van der Waals surface area contributed by atoms with E-state index < -0.39 is 0 Å². The number of amides is 1. The molecule has 1 rings (SSSR count). The zero-order chi connectivity index (χ0) is 14.3. The van der Waals surface area contributed by atoms with Gasteiger partial charge in [-0.1, -0.05) is 38.1 Å². The molecule has 1 amide bonds. The van der Waals surface area contributed by atoms with Gasteiger partial charge in [0.15, 0.2) is 0 Å². The Morgan fingerprint density at radius 1 is 1.16 bits per heavy atom. The molecule has 0 saturated heterocycles. The first-order valence-corrected chi connectivity index (χ1v) is 7.06. The normalized spacial score (nSPS) is 12.9. The summed E-state index contributed by atoms with van der Waals surface area (Å²) in [6.07, 6.45) is 5.98. The summed E-state index contributed by atoms with van der Waals surface area (Å²) in [4.78, 5) is 14.3. The van der Waals surface area contributed by atoms with Gasteiger partial charge in [-0.25, -0.2) is 0 Å². The van der Waals surface area contributed by atoms with Crippen molar-refractivity contribution in [1.29, 1.82) is 0 Å². The van der Waals surface area contributed by atoms with Crippen LogP contribution in [0.5, 0.6) is 0 Å². The summed E-state index contributed by atoms with van der Waals surface area (Å²) >= 11 is 0. The molecule has 19 heavy (non-hydrogen) atoms. The van der Waals surface area contributed by atoms with Crippen LogP contribution in [0.2, 0.25) is 0 Å². The lowest BCUT2D eigenvalue weighted by Gasteiger charge is -2.26. The van der Waals surface area contributed by atoms with Gasteiger partial charge in [-0.05, 0) is 44.7 Å². The van der Waals surface area contributed by atoms with Crippen LogP contribution in [-0.2, 0) is 0 Å². The summed E-state index contributed by atoms with van der Waals surface area (Å²) in [6, 6.07) is 9.70. The van der Waals surface area contributed by atoms with Crippen LogP contribution in [0.15, 0.2) is 42.6 Å². The Bertz CT molecular complexity index is 409. The molecule has 1 aromatic carbocycles. The maximum Gasteiger partial charge on any atom is 0.258 e. The van der Waals surface area contributed by atoms with E-state index >= 15 is 0 Å². The van der Waals surface area contributed by atoms with Crippen molar-refractivity contribution in [1.82, 2.24) is 4.90 Å². The first-order valence-electron chi connectivity index (χ1n) is 7.06. The molecule has 0 aromatic heterocycles. The minimum atomic E-state index is 0.0787. The van der Waals surface area contributed by atoms with E-state index in [2.05, 4.69) is 20.8 Å². The van der Waals surface area contributed by atoms with E-state index in [1.807, 2.05) is 54.4 Å². The Kier molecular flexibility index (Phi) is 6.34. The van der Waals surface area contributed by atoms with Gasteiger partial charge in [0.25, 0.3) is 5.91 Å². The van der Waals surface area contributed by atoms with E-state index in [0.29, 0.717) is 5.92 Å². The number of nitrogens with zero attached hydrogens (tertiary/aromatic N) is 1. The third-order valence-electron chi connectivity index (χ3n) is 3.20. The molecule has 0 aliphatic carbocycles. The molecule has 2 heteroatoms. The molecule has 0 aliphatic rings. The maximum absolute atomic E-state index is 12.5. The summed E-state index contributed by atoms with van der Waals surface area (Å²) in [5, 5.41) is 0. The second kappa shape index (κ2) is 7.78. The molecular weight excluding hydrogens is 234 g/mol. The Labute approximate surface area is 117 Å². The van der Waals surface area contributed by atoms with Gasteiger partial charge in [0.1, 0.15) is 0 Å². The Balaban J connectivity index is 2.79. The first-order chi connectivity index (χ1) is 9.06. The van der Waals surface area contributed by atoms with Crippen LogP contribution < -0.4 is 0 Å². The summed E-state index contributed by atoms with van der Waals surface area (Å²) < 4.78 is 0. The summed E-state index contributed by atoms with van der Waals surface area (Å²) in [5.74, 6) is 0.747. The minimum absolute atomic E-state index is 0.0787. The van der Waals surface area contributed by atoms with Gasteiger partial charge in [0.2, 0.25) is 0 Å².